The van der Waals surface area contributed by atoms with Crippen molar-refractivity contribution >= 4 is 17.5 Å². The van der Waals surface area contributed by atoms with Gasteiger partial charge in [-0.2, -0.15) is 0 Å². The lowest BCUT2D eigenvalue weighted by molar-refractivity contribution is -0.144. The predicted octanol–water partition coefficient (Wildman–Crippen LogP) is 2.08. The summed E-state index contributed by atoms with van der Waals surface area (Å²) >= 11 is 5.70. The highest BCUT2D eigenvalue weighted by Crippen LogP contribution is 2.43. The van der Waals surface area contributed by atoms with E-state index in [-0.39, 0.29) is 11.5 Å². The molecule has 0 aromatic rings. The molecule has 1 aliphatic heterocycles. The van der Waals surface area contributed by atoms with Crippen molar-refractivity contribution in [3.63, 3.8) is 0 Å². The van der Waals surface area contributed by atoms with Gasteiger partial charge in [-0.25, -0.2) is 0 Å². The fourth-order valence-electron chi connectivity index (χ4n) is 2.61. The Morgan fingerprint density at radius 3 is 2.94 bits per heavy atom. The molecule has 2 fully saturated rings. The lowest BCUT2D eigenvalue weighted by Gasteiger charge is -2.47. The second-order valence-corrected chi connectivity index (χ2v) is 5.76. The van der Waals surface area contributed by atoms with Gasteiger partial charge in [0.1, 0.15) is 5.38 Å². The van der Waals surface area contributed by atoms with Crippen LogP contribution in [0.5, 0.6) is 0 Å². The van der Waals surface area contributed by atoms with Crippen LogP contribution in [-0.2, 0) is 9.53 Å². The van der Waals surface area contributed by atoms with Gasteiger partial charge < -0.3 is 10.1 Å². The highest BCUT2D eigenvalue weighted by Gasteiger charge is 2.42. The monoisotopic (exact) mass is 245 g/mol. The normalized spacial score (nSPS) is 29.5. The molecule has 3 nitrogen and oxygen atoms in total. The molecule has 0 radical (unpaired) electrons. The zero-order valence-corrected chi connectivity index (χ0v) is 10.6. The number of rotatable bonds is 3. The molecule has 2 aliphatic rings. The lowest BCUT2D eigenvalue weighted by atomic mass is 9.72. The van der Waals surface area contributed by atoms with Crippen LogP contribution in [0.15, 0.2) is 0 Å². The number of carbonyl (C=O) groups excluding carboxylic acids is 1. The largest absolute Gasteiger partial charge is 0.375 e. The van der Waals surface area contributed by atoms with Crippen molar-refractivity contribution in [1.29, 1.82) is 0 Å². The molecule has 92 valence electrons. The first-order chi connectivity index (χ1) is 7.61. The lowest BCUT2D eigenvalue weighted by Crippen LogP contribution is -2.48. The molecule has 2 atom stereocenters. The summed E-state index contributed by atoms with van der Waals surface area (Å²) in [5.41, 5.74) is 0.167. The fourth-order valence-corrected chi connectivity index (χ4v) is 2.69. The van der Waals surface area contributed by atoms with E-state index in [4.69, 9.17) is 16.3 Å². The zero-order chi connectivity index (χ0) is 11.6. The van der Waals surface area contributed by atoms with E-state index in [1.54, 1.807) is 6.92 Å². The van der Waals surface area contributed by atoms with Gasteiger partial charge >= 0.3 is 0 Å². The van der Waals surface area contributed by atoms with E-state index in [0.717, 1.165) is 26.0 Å². The Morgan fingerprint density at radius 1 is 1.62 bits per heavy atom. The van der Waals surface area contributed by atoms with E-state index in [1.807, 2.05) is 0 Å². The molecular weight excluding hydrogens is 226 g/mol. The number of amides is 1. The molecule has 1 aliphatic carbocycles. The van der Waals surface area contributed by atoms with E-state index in [9.17, 15) is 4.79 Å². The van der Waals surface area contributed by atoms with Gasteiger partial charge in [0.25, 0.3) is 0 Å². The van der Waals surface area contributed by atoms with E-state index in [0.29, 0.717) is 5.92 Å². The van der Waals surface area contributed by atoms with Crippen molar-refractivity contribution in [2.24, 2.45) is 5.92 Å². The van der Waals surface area contributed by atoms with Crippen molar-refractivity contribution < 1.29 is 9.53 Å². The maximum Gasteiger partial charge on any atom is 0.237 e. The SMILES string of the molecule is CC(Cl)C(=O)NCC1CCOC2(CCC2)C1. The Balaban J connectivity index is 1.75. The number of nitrogens with one attached hydrogen (secondary N) is 1. The first-order valence-electron chi connectivity index (χ1n) is 6.17. The van der Waals surface area contributed by atoms with Crippen molar-refractivity contribution in [3.8, 4) is 0 Å². The highest BCUT2D eigenvalue weighted by atomic mass is 35.5. The van der Waals surface area contributed by atoms with Crippen LogP contribution in [0.4, 0.5) is 0 Å². The Kier molecular flexibility index (Phi) is 3.75. The van der Waals surface area contributed by atoms with Gasteiger partial charge in [-0.1, -0.05) is 0 Å². The maximum absolute atomic E-state index is 11.4. The second-order valence-electron chi connectivity index (χ2n) is 5.11. The number of halogens is 1. The average molecular weight is 246 g/mol. The molecule has 1 saturated heterocycles. The minimum atomic E-state index is -0.433. The van der Waals surface area contributed by atoms with Gasteiger partial charge in [0.2, 0.25) is 5.91 Å². The quantitative estimate of drug-likeness (QED) is 0.774. The topological polar surface area (TPSA) is 38.3 Å². The van der Waals surface area contributed by atoms with Crippen molar-refractivity contribution in [3.05, 3.63) is 0 Å². The molecule has 0 bridgehead atoms. The maximum atomic E-state index is 11.4. The third kappa shape index (κ3) is 2.69. The van der Waals surface area contributed by atoms with Crippen LogP contribution >= 0.6 is 11.6 Å². The van der Waals surface area contributed by atoms with Crippen LogP contribution in [0.1, 0.15) is 39.0 Å². The first kappa shape index (κ1) is 12.2. The van der Waals surface area contributed by atoms with E-state index < -0.39 is 5.38 Å². The molecule has 0 aromatic heterocycles. The first-order valence-corrected chi connectivity index (χ1v) is 6.61. The molecule has 1 spiro atoms. The molecule has 2 rings (SSSR count). The Bertz CT molecular complexity index is 264. The van der Waals surface area contributed by atoms with Gasteiger partial charge in [0.15, 0.2) is 0 Å². The van der Waals surface area contributed by atoms with Crippen LogP contribution in [0, 0.1) is 5.92 Å². The Hall–Kier alpha value is -0.280. The summed E-state index contributed by atoms with van der Waals surface area (Å²) < 4.78 is 5.85. The van der Waals surface area contributed by atoms with Crippen molar-refractivity contribution in [1.82, 2.24) is 5.32 Å². The van der Waals surface area contributed by atoms with Gasteiger partial charge in [0.05, 0.1) is 5.60 Å². The van der Waals surface area contributed by atoms with Gasteiger partial charge in [-0.05, 0) is 44.9 Å². The van der Waals surface area contributed by atoms with E-state index >= 15 is 0 Å². The number of ether oxygens (including phenoxy) is 1. The highest BCUT2D eigenvalue weighted by molar-refractivity contribution is 6.30. The third-order valence-electron chi connectivity index (χ3n) is 3.79. The Morgan fingerprint density at radius 2 is 2.38 bits per heavy atom. The van der Waals surface area contributed by atoms with Crippen LogP contribution in [0.2, 0.25) is 0 Å². The van der Waals surface area contributed by atoms with Gasteiger partial charge in [0, 0.05) is 13.2 Å². The third-order valence-corrected chi connectivity index (χ3v) is 3.98. The molecule has 4 heteroatoms. The molecule has 0 aromatic carbocycles. The van der Waals surface area contributed by atoms with Crippen LogP contribution < -0.4 is 5.32 Å². The molecule has 1 saturated carbocycles. The molecule has 1 heterocycles. The number of hydrogen-bond donors (Lipinski definition) is 1. The molecule has 16 heavy (non-hydrogen) atoms. The van der Waals surface area contributed by atoms with Crippen LogP contribution in [-0.4, -0.2) is 30.0 Å². The van der Waals surface area contributed by atoms with Gasteiger partial charge in [-0.15, -0.1) is 11.6 Å². The fraction of sp³-hybridized carbons (Fsp3) is 0.917. The summed E-state index contributed by atoms with van der Waals surface area (Å²) in [6, 6.07) is 0. The summed E-state index contributed by atoms with van der Waals surface area (Å²) in [5, 5.41) is 2.48. The summed E-state index contributed by atoms with van der Waals surface area (Å²) in [7, 11) is 0. The molecular formula is C12H20ClNO2. The molecule has 1 amide bonds. The van der Waals surface area contributed by atoms with Crippen molar-refractivity contribution in [2.45, 2.75) is 50.0 Å². The number of alkyl halides is 1. The summed E-state index contributed by atoms with van der Waals surface area (Å²) in [5.74, 6) is 0.504. The standard InChI is InChI=1S/C12H20ClNO2/c1-9(13)11(15)14-8-10-3-6-16-12(7-10)4-2-5-12/h9-10H,2-8H2,1H3,(H,14,15). The Labute approximate surface area is 102 Å². The second kappa shape index (κ2) is 4.92. The minimum Gasteiger partial charge on any atom is -0.375 e. The van der Waals surface area contributed by atoms with Crippen LogP contribution in [0.3, 0.4) is 0 Å². The number of hydrogen-bond acceptors (Lipinski definition) is 2. The predicted molar refractivity (Wildman–Crippen MR) is 63.6 cm³/mol. The smallest absolute Gasteiger partial charge is 0.237 e. The average Bonchev–Trinajstić information content (AvgIpc) is 2.24. The molecule has 1 N–H and O–H groups in total. The van der Waals surface area contributed by atoms with Crippen LogP contribution in [0.25, 0.3) is 0 Å². The van der Waals surface area contributed by atoms with Gasteiger partial charge in [-0.3, -0.25) is 4.79 Å². The van der Waals surface area contributed by atoms with Crippen molar-refractivity contribution in [2.75, 3.05) is 13.2 Å². The summed E-state index contributed by atoms with van der Waals surface area (Å²) in [6.45, 7) is 3.30. The minimum absolute atomic E-state index is 0.0594. The summed E-state index contributed by atoms with van der Waals surface area (Å²) in [6.07, 6.45) is 5.84. The zero-order valence-electron chi connectivity index (χ0n) is 9.80. The summed E-state index contributed by atoms with van der Waals surface area (Å²) in [4.78, 5) is 11.4. The number of carbonyl (C=O) groups is 1. The van der Waals surface area contributed by atoms with E-state index in [1.165, 1.54) is 19.3 Å². The van der Waals surface area contributed by atoms with E-state index in [2.05, 4.69) is 5.32 Å². The molecule has 2 unspecified atom stereocenters.